The zero-order valence-electron chi connectivity index (χ0n) is 10.6. The predicted octanol–water partition coefficient (Wildman–Crippen LogP) is 2.98. The molecule has 1 aliphatic rings. The van der Waals surface area contributed by atoms with Gasteiger partial charge in [-0.1, -0.05) is 6.07 Å². The van der Waals surface area contributed by atoms with Crippen LogP contribution in [0, 0.1) is 0 Å². The van der Waals surface area contributed by atoms with Gasteiger partial charge in [0.25, 0.3) is 0 Å². The molecule has 1 aliphatic carbocycles. The minimum absolute atomic E-state index is 0.265. The fourth-order valence-electron chi connectivity index (χ4n) is 2.15. The first kappa shape index (κ1) is 12.8. The lowest BCUT2D eigenvalue weighted by atomic mass is 10.3. The largest absolute Gasteiger partial charge is 0.339 e. The fraction of sp³-hybridized carbons (Fsp3) is 0.429. The molecule has 0 aliphatic heterocycles. The van der Waals surface area contributed by atoms with E-state index in [1.54, 1.807) is 22.7 Å². The van der Waals surface area contributed by atoms with Crippen molar-refractivity contribution >= 4 is 28.6 Å². The molecular formula is C14H16N2OS2. The molecule has 0 atom stereocenters. The molecule has 0 bridgehead atoms. The van der Waals surface area contributed by atoms with Crippen LogP contribution < -0.4 is 0 Å². The first-order valence-electron chi connectivity index (χ1n) is 6.53. The Kier molecular flexibility index (Phi) is 3.94. The quantitative estimate of drug-likeness (QED) is 0.820. The van der Waals surface area contributed by atoms with Crippen molar-refractivity contribution in [2.24, 2.45) is 0 Å². The molecule has 3 nitrogen and oxygen atoms in total. The van der Waals surface area contributed by atoms with Crippen molar-refractivity contribution < 1.29 is 4.79 Å². The van der Waals surface area contributed by atoms with E-state index in [9.17, 15) is 4.79 Å². The van der Waals surface area contributed by atoms with Gasteiger partial charge in [0, 0.05) is 35.5 Å². The summed E-state index contributed by atoms with van der Waals surface area (Å²) in [6.07, 6.45) is 5.58. The molecule has 2 aromatic rings. The van der Waals surface area contributed by atoms with E-state index in [0.29, 0.717) is 12.5 Å². The van der Waals surface area contributed by atoms with E-state index in [1.807, 2.05) is 29.1 Å². The topological polar surface area (TPSA) is 33.2 Å². The summed E-state index contributed by atoms with van der Waals surface area (Å²) in [5.74, 6) is 0.265. The van der Waals surface area contributed by atoms with Gasteiger partial charge in [-0.15, -0.1) is 22.7 Å². The summed E-state index contributed by atoms with van der Waals surface area (Å²) >= 11 is 3.33. The van der Waals surface area contributed by atoms with E-state index in [0.717, 1.165) is 35.7 Å². The van der Waals surface area contributed by atoms with Crippen LogP contribution in [0.1, 0.15) is 22.7 Å². The highest BCUT2D eigenvalue weighted by molar-refractivity contribution is 7.10. The third kappa shape index (κ3) is 3.42. The van der Waals surface area contributed by atoms with Crippen LogP contribution in [-0.2, 0) is 17.6 Å². The Balaban J connectivity index is 1.59. The summed E-state index contributed by atoms with van der Waals surface area (Å²) < 4.78 is 0. The molecule has 0 unspecified atom stereocenters. The Morgan fingerprint density at radius 3 is 2.89 bits per heavy atom. The van der Waals surface area contributed by atoms with Gasteiger partial charge in [-0.2, -0.15) is 0 Å². The van der Waals surface area contributed by atoms with Gasteiger partial charge in [0.2, 0.25) is 5.91 Å². The Morgan fingerprint density at radius 2 is 2.26 bits per heavy atom. The normalized spacial score (nSPS) is 14.5. The Hall–Kier alpha value is -1.20. The molecule has 100 valence electrons. The van der Waals surface area contributed by atoms with Crippen LogP contribution in [0.2, 0.25) is 0 Å². The van der Waals surface area contributed by atoms with Crippen LogP contribution in [0.5, 0.6) is 0 Å². The molecule has 1 saturated carbocycles. The molecule has 0 N–H and O–H groups in total. The molecule has 3 rings (SSSR count). The van der Waals surface area contributed by atoms with Crippen LogP contribution in [0.3, 0.4) is 0 Å². The Bertz CT molecular complexity index is 518. The second-order valence-electron chi connectivity index (χ2n) is 4.75. The number of hydrogen-bond donors (Lipinski definition) is 0. The van der Waals surface area contributed by atoms with Crippen molar-refractivity contribution in [2.75, 3.05) is 6.54 Å². The molecule has 1 amide bonds. The number of amides is 1. The molecule has 0 saturated heterocycles. The second-order valence-corrected chi connectivity index (χ2v) is 6.76. The minimum Gasteiger partial charge on any atom is -0.339 e. The van der Waals surface area contributed by atoms with Crippen molar-refractivity contribution in [3.63, 3.8) is 0 Å². The van der Waals surface area contributed by atoms with E-state index < -0.39 is 0 Å². The summed E-state index contributed by atoms with van der Waals surface area (Å²) in [6, 6.07) is 4.52. The van der Waals surface area contributed by atoms with Gasteiger partial charge in [-0.3, -0.25) is 4.79 Å². The Morgan fingerprint density at radius 1 is 1.37 bits per heavy atom. The van der Waals surface area contributed by atoms with Crippen LogP contribution in [0.15, 0.2) is 29.1 Å². The van der Waals surface area contributed by atoms with Gasteiger partial charge in [-0.25, -0.2) is 4.98 Å². The first-order chi connectivity index (χ1) is 9.33. The highest BCUT2D eigenvalue weighted by Crippen LogP contribution is 2.28. The molecule has 2 aromatic heterocycles. The van der Waals surface area contributed by atoms with E-state index in [1.165, 1.54) is 0 Å². The third-order valence-corrected chi connectivity index (χ3v) is 4.98. The molecule has 0 aromatic carbocycles. The smallest absolute Gasteiger partial charge is 0.228 e. The molecule has 2 heterocycles. The maximum atomic E-state index is 12.4. The maximum Gasteiger partial charge on any atom is 0.228 e. The number of aromatic nitrogens is 1. The first-order valence-corrected chi connectivity index (χ1v) is 8.29. The van der Waals surface area contributed by atoms with E-state index in [2.05, 4.69) is 9.88 Å². The SMILES string of the molecule is O=C(Cc1cccs1)N(CCc1nccs1)C1CC1. The van der Waals surface area contributed by atoms with Gasteiger partial charge in [0.15, 0.2) is 0 Å². The monoisotopic (exact) mass is 292 g/mol. The number of nitrogens with zero attached hydrogens (tertiary/aromatic N) is 2. The standard InChI is InChI=1S/C14H16N2OS2/c17-14(10-12-2-1-8-18-12)16(11-3-4-11)7-5-13-15-6-9-19-13/h1-2,6,8-9,11H,3-5,7,10H2. The summed E-state index contributed by atoms with van der Waals surface area (Å²) in [5.41, 5.74) is 0. The van der Waals surface area contributed by atoms with Crippen LogP contribution in [-0.4, -0.2) is 28.4 Å². The number of carbonyl (C=O) groups excluding carboxylic acids is 1. The lowest BCUT2D eigenvalue weighted by molar-refractivity contribution is -0.131. The molecule has 19 heavy (non-hydrogen) atoms. The van der Waals surface area contributed by atoms with E-state index in [4.69, 9.17) is 0 Å². The third-order valence-electron chi connectivity index (χ3n) is 3.26. The number of hydrogen-bond acceptors (Lipinski definition) is 4. The van der Waals surface area contributed by atoms with Crippen molar-refractivity contribution in [1.82, 2.24) is 9.88 Å². The lowest BCUT2D eigenvalue weighted by Gasteiger charge is -2.21. The summed E-state index contributed by atoms with van der Waals surface area (Å²) in [4.78, 5) is 19.9. The number of thiophene rings is 1. The lowest BCUT2D eigenvalue weighted by Crippen LogP contribution is -2.35. The molecule has 1 fully saturated rings. The summed E-state index contributed by atoms with van der Waals surface area (Å²) in [5, 5.41) is 5.14. The van der Waals surface area contributed by atoms with Gasteiger partial charge in [0.1, 0.15) is 0 Å². The minimum atomic E-state index is 0.265. The van der Waals surface area contributed by atoms with E-state index >= 15 is 0 Å². The highest BCUT2D eigenvalue weighted by atomic mass is 32.1. The van der Waals surface area contributed by atoms with Gasteiger partial charge in [-0.05, 0) is 24.3 Å². The zero-order valence-corrected chi connectivity index (χ0v) is 12.3. The van der Waals surface area contributed by atoms with Crippen LogP contribution >= 0.6 is 22.7 Å². The number of rotatable bonds is 6. The van der Waals surface area contributed by atoms with Crippen molar-refractivity contribution in [3.05, 3.63) is 39.0 Å². The van der Waals surface area contributed by atoms with Gasteiger partial charge < -0.3 is 4.90 Å². The zero-order chi connectivity index (χ0) is 13.1. The summed E-state index contributed by atoms with van der Waals surface area (Å²) in [7, 11) is 0. The van der Waals surface area contributed by atoms with Crippen molar-refractivity contribution in [3.8, 4) is 0 Å². The number of thiazole rings is 1. The van der Waals surface area contributed by atoms with Crippen molar-refractivity contribution in [1.29, 1.82) is 0 Å². The van der Waals surface area contributed by atoms with Crippen LogP contribution in [0.4, 0.5) is 0 Å². The predicted molar refractivity (Wildman–Crippen MR) is 78.6 cm³/mol. The molecule has 0 spiro atoms. The Labute approximate surface area is 120 Å². The van der Waals surface area contributed by atoms with Gasteiger partial charge >= 0.3 is 0 Å². The van der Waals surface area contributed by atoms with E-state index in [-0.39, 0.29) is 5.91 Å². The molecule has 5 heteroatoms. The number of carbonyl (C=O) groups is 1. The maximum absolute atomic E-state index is 12.4. The highest BCUT2D eigenvalue weighted by Gasteiger charge is 2.32. The molecular weight excluding hydrogens is 276 g/mol. The summed E-state index contributed by atoms with van der Waals surface area (Å²) in [6.45, 7) is 0.808. The average Bonchev–Trinajstić information content (AvgIpc) is 2.91. The molecule has 0 radical (unpaired) electrons. The fourth-order valence-corrected chi connectivity index (χ4v) is 3.46. The van der Waals surface area contributed by atoms with Gasteiger partial charge in [0.05, 0.1) is 11.4 Å². The van der Waals surface area contributed by atoms with Crippen LogP contribution in [0.25, 0.3) is 0 Å². The second kappa shape index (κ2) is 5.84. The van der Waals surface area contributed by atoms with Crippen molar-refractivity contribution in [2.45, 2.75) is 31.7 Å². The average molecular weight is 292 g/mol.